The smallest absolute Gasteiger partial charge is 0.309 e. The van der Waals surface area contributed by atoms with Crippen LogP contribution in [0.1, 0.15) is 119 Å². The van der Waals surface area contributed by atoms with E-state index >= 15 is 0 Å². The minimum Gasteiger partial charge on any atom is -0.461 e. The van der Waals surface area contributed by atoms with Gasteiger partial charge in [-0.1, -0.05) is 80.1 Å². The van der Waals surface area contributed by atoms with Crippen LogP contribution in [-0.4, -0.2) is 37.2 Å². The second-order valence-electron chi connectivity index (χ2n) is 9.06. The quantitative estimate of drug-likeness (QED) is 0.147. The maximum absolute atomic E-state index is 12.7. The summed E-state index contributed by atoms with van der Waals surface area (Å²) in [4.78, 5) is 37.8. The minimum absolute atomic E-state index is 0.0869. The van der Waals surface area contributed by atoms with E-state index in [1.54, 1.807) is 0 Å². The first-order valence-corrected chi connectivity index (χ1v) is 13.4. The van der Waals surface area contributed by atoms with Gasteiger partial charge in [-0.2, -0.15) is 0 Å². The van der Waals surface area contributed by atoms with Crippen molar-refractivity contribution in [2.24, 2.45) is 17.8 Å². The van der Waals surface area contributed by atoms with Crippen molar-refractivity contribution >= 4 is 17.9 Å². The predicted molar refractivity (Wildman–Crippen MR) is 132 cm³/mol. The summed E-state index contributed by atoms with van der Waals surface area (Å²) in [6.07, 6.45) is 9.61. The number of ether oxygens (including phenoxy) is 3. The maximum atomic E-state index is 12.7. The summed E-state index contributed by atoms with van der Waals surface area (Å²) in [5.74, 6) is -1.36. The Morgan fingerprint density at radius 2 is 0.879 bits per heavy atom. The molecule has 0 spiro atoms. The Hall–Kier alpha value is -1.59. The molecule has 0 fully saturated rings. The van der Waals surface area contributed by atoms with Crippen LogP contribution in [0.2, 0.25) is 0 Å². The van der Waals surface area contributed by atoms with Gasteiger partial charge in [0.05, 0.1) is 17.8 Å². The fourth-order valence-electron chi connectivity index (χ4n) is 3.78. The third kappa shape index (κ3) is 13.6. The fraction of sp³-hybridized carbons (Fsp3) is 0.889. The van der Waals surface area contributed by atoms with E-state index in [0.29, 0.717) is 19.3 Å². The molecule has 0 radical (unpaired) electrons. The van der Waals surface area contributed by atoms with Crippen LogP contribution < -0.4 is 0 Å². The molecule has 0 amide bonds. The van der Waals surface area contributed by atoms with Gasteiger partial charge in [0.2, 0.25) is 0 Å². The number of hydrogen-bond acceptors (Lipinski definition) is 6. The Labute approximate surface area is 202 Å². The second-order valence-corrected chi connectivity index (χ2v) is 9.06. The number of esters is 3. The van der Waals surface area contributed by atoms with E-state index in [4.69, 9.17) is 14.2 Å². The molecule has 194 valence electrons. The van der Waals surface area contributed by atoms with Crippen LogP contribution in [-0.2, 0) is 28.6 Å². The van der Waals surface area contributed by atoms with Gasteiger partial charge in [0.25, 0.3) is 0 Å². The van der Waals surface area contributed by atoms with Gasteiger partial charge in [0, 0.05) is 0 Å². The highest BCUT2D eigenvalue weighted by Gasteiger charge is 2.27. The van der Waals surface area contributed by atoms with Crippen molar-refractivity contribution in [2.75, 3.05) is 13.2 Å². The zero-order valence-electron chi connectivity index (χ0n) is 22.2. The van der Waals surface area contributed by atoms with Crippen LogP contribution >= 0.6 is 0 Å². The molecule has 0 saturated carbocycles. The van der Waals surface area contributed by atoms with Gasteiger partial charge < -0.3 is 14.2 Å². The topological polar surface area (TPSA) is 78.9 Å². The monoisotopic (exact) mass is 470 g/mol. The minimum atomic E-state index is -0.784. The fourth-order valence-corrected chi connectivity index (χ4v) is 3.78. The average Bonchev–Trinajstić information content (AvgIpc) is 2.82. The maximum Gasteiger partial charge on any atom is 0.309 e. The van der Waals surface area contributed by atoms with Gasteiger partial charge in [0.1, 0.15) is 13.2 Å². The molecule has 0 aromatic carbocycles. The number of carbonyl (C=O) groups excluding carboxylic acids is 3. The van der Waals surface area contributed by atoms with Crippen LogP contribution in [0.25, 0.3) is 0 Å². The Bertz CT molecular complexity index is 501. The van der Waals surface area contributed by atoms with Crippen molar-refractivity contribution in [2.45, 2.75) is 125 Å². The lowest BCUT2D eigenvalue weighted by Crippen LogP contribution is -2.34. The van der Waals surface area contributed by atoms with Crippen LogP contribution in [0.15, 0.2) is 0 Å². The molecule has 6 heteroatoms. The van der Waals surface area contributed by atoms with Gasteiger partial charge in [-0.25, -0.2) is 0 Å². The number of rotatable bonds is 20. The van der Waals surface area contributed by atoms with Gasteiger partial charge >= 0.3 is 17.9 Å². The molecule has 0 aromatic rings. The second kappa shape index (κ2) is 19.8. The van der Waals surface area contributed by atoms with Crippen molar-refractivity contribution < 1.29 is 28.6 Å². The number of unbranched alkanes of at least 4 members (excludes halogenated alkanes) is 3. The van der Waals surface area contributed by atoms with Gasteiger partial charge in [0.15, 0.2) is 6.10 Å². The molecular formula is C27H50O6. The Morgan fingerprint density at radius 1 is 0.545 bits per heavy atom. The van der Waals surface area contributed by atoms with Gasteiger partial charge in [-0.05, 0) is 38.5 Å². The summed E-state index contributed by atoms with van der Waals surface area (Å²) in [5, 5.41) is 0. The molecule has 33 heavy (non-hydrogen) atoms. The molecule has 6 nitrogen and oxygen atoms in total. The highest BCUT2D eigenvalue weighted by Crippen LogP contribution is 2.19. The lowest BCUT2D eigenvalue weighted by Gasteiger charge is -2.23. The molecule has 0 saturated heterocycles. The zero-order chi connectivity index (χ0) is 25.1. The predicted octanol–water partition coefficient (Wildman–Crippen LogP) is 6.63. The van der Waals surface area contributed by atoms with Crippen LogP contribution in [0, 0.1) is 17.8 Å². The first-order chi connectivity index (χ1) is 15.9. The van der Waals surface area contributed by atoms with E-state index in [1.807, 2.05) is 20.8 Å². The first kappa shape index (κ1) is 31.4. The molecular weight excluding hydrogens is 420 g/mol. The van der Waals surface area contributed by atoms with Crippen LogP contribution in [0.4, 0.5) is 0 Å². The number of carbonyl (C=O) groups is 3. The standard InChI is InChI=1S/C27H50O6/c1-7-13-16-21(10-4)25(28)31-19-24(33-27(30)23(12-6)18-15-9-3)20-32-26(29)22(11-5)17-14-8-2/h21-24H,7-20H2,1-6H3/t21-,22-,23-/m0/s1. The number of hydrogen-bond donors (Lipinski definition) is 0. The molecule has 0 aliphatic rings. The largest absolute Gasteiger partial charge is 0.461 e. The van der Waals surface area contributed by atoms with E-state index in [9.17, 15) is 14.4 Å². The van der Waals surface area contributed by atoms with E-state index in [0.717, 1.165) is 57.8 Å². The van der Waals surface area contributed by atoms with Crippen molar-refractivity contribution in [1.29, 1.82) is 0 Å². The molecule has 3 atom stereocenters. The van der Waals surface area contributed by atoms with Crippen molar-refractivity contribution in [1.82, 2.24) is 0 Å². The highest BCUT2D eigenvalue weighted by molar-refractivity contribution is 5.74. The summed E-state index contributed by atoms with van der Waals surface area (Å²) < 4.78 is 16.7. The molecule has 0 N–H and O–H groups in total. The molecule has 0 heterocycles. The molecule has 0 aliphatic carbocycles. The van der Waals surface area contributed by atoms with Crippen LogP contribution in [0.3, 0.4) is 0 Å². The molecule has 0 aromatic heterocycles. The van der Waals surface area contributed by atoms with Crippen molar-refractivity contribution in [3.05, 3.63) is 0 Å². The zero-order valence-corrected chi connectivity index (χ0v) is 22.2. The van der Waals surface area contributed by atoms with Crippen molar-refractivity contribution in [3.63, 3.8) is 0 Å². The Balaban J connectivity index is 5.11. The third-order valence-corrected chi connectivity index (χ3v) is 6.30. The Kier molecular flexibility index (Phi) is 18.9. The molecule has 0 bridgehead atoms. The average molecular weight is 471 g/mol. The Morgan fingerprint density at radius 3 is 1.18 bits per heavy atom. The SMILES string of the molecule is CCCC[C@H](CC)C(=O)OCC(COC(=O)[C@@H](CC)CCCC)OC(=O)[C@@H](CC)CCCC. The van der Waals surface area contributed by atoms with E-state index in [-0.39, 0.29) is 48.9 Å². The van der Waals surface area contributed by atoms with Gasteiger partial charge in [-0.15, -0.1) is 0 Å². The van der Waals surface area contributed by atoms with E-state index < -0.39 is 6.10 Å². The summed E-state index contributed by atoms with van der Waals surface area (Å²) >= 11 is 0. The highest BCUT2D eigenvalue weighted by atomic mass is 16.6. The molecule has 0 rings (SSSR count). The summed E-state index contributed by atoms with van der Waals surface area (Å²) in [6.45, 7) is 12.0. The summed E-state index contributed by atoms with van der Waals surface area (Å²) in [7, 11) is 0. The van der Waals surface area contributed by atoms with E-state index in [1.165, 1.54) is 0 Å². The third-order valence-electron chi connectivity index (χ3n) is 6.30. The van der Waals surface area contributed by atoms with Crippen molar-refractivity contribution in [3.8, 4) is 0 Å². The summed E-state index contributed by atoms with van der Waals surface area (Å²) in [6, 6.07) is 0. The van der Waals surface area contributed by atoms with E-state index in [2.05, 4.69) is 20.8 Å². The first-order valence-electron chi connectivity index (χ1n) is 13.4. The summed E-state index contributed by atoms with van der Waals surface area (Å²) in [5.41, 5.74) is 0. The molecule has 0 unspecified atom stereocenters. The van der Waals surface area contributed by atoms with Crippen LogP contribution in [0.5, 0.6) is 0 Å². The normalized spacial score (nSPS) is 13.9. The van der Waals surface area contributed by atoms with Gasteiger partial charge in [-0.3, -0.25) is 14.4 Å². The lowest BCUT2D eigenvalue weighted by molar-refractivity contribution is -0.172. The molecule has 0 aliphatic heterocycles. The lowest BCUT2D eigenvalue weighted by atomic mass is 9.99.